The zero-order valence-electron chi connectivity index (χ0n) is 23.3. The second-order valence-electron chi connectivity index (χ2n) is 10.8. The quantitative estimate of drug-likeness (QED) is 0.334. The topological polar surface area (TPSA) is 105 Å². The van der Waals surface area contributed by atoms with Crippen LogP contribution in [-0.2, 0) is 10.0 Å². The van der Waals surface area contributed by atoms with Gasteiger partial charge in [-0.3, -0.25) is 4.72 Å². The van der Waals surface area contributed by atoms with Crippen LogP contribution in [0.15, 0.2) is 54.9 Å². The fraction of sp³-hybridized carbons (Fsp3) is 0.357. The van der Waals surface area contributed by atoms with Crippen LogP contribution >= 0.6 is 0 Å². The van der Waals surface area contributed by atoms with Crippen LogP contribution in [0.3, 0.4) is 0 Å². The number of fused-ring (bicyclic) bond motifs is 1. The van der Waals surface area contributed by atoms with Gasteiger partial charge >= 0.3 is 0 Å². The summed E-state index contributed by atoms with van der Waals surface area (Å²) in [7, 11) is -0.0290. The molecule has 12 heteroatoms. The fourth-order valence-electron chi connectivity index (χ4n) is 4.42. The first-order valence-electron chi connectivity index (χ1n) is 13.0. The van der Waals surface area contributed by atoms with Gasteiger partial charge in [0.1, 0.15) is 17.2 Å². The average molecular weight is 568 g/mol. The maximum atomic E-state index is 14.6. The highest BCUT2D eigenvalue weighted by molar-refractivity contribution is 7.94. The fourth-order valence-corrected chi connectivity index (χ4v) is 5.17. The molecular formula is C28H34FN7O3S. The van der Waals surface area contributed by atoms with Crippen LogP contribution in [-0.4, -0.2) is 72.9 Å². The summed E-state index contributed by atoms with van der Waals surface area (Å²) in [4.78, 5) is 13.8. The molecule has 0 atom stereocenters. The highest BCUT2D eigenvalue weighted by Gasteiger charge is 2.30. The monoisotopic (exact) mass is 567 g/mol. The number of halogens is 1. The van der Waals surface area contributed by atoms with E-state index in [1.54, 1.807) is 50.9 Å². The summed E-state index contributed by atoms with van der Waals surface area (Å²) in [5.41, 5.74) is 2.81. The van der Waals surface area contributed by atoms with Crippen molar-refractivity contribution in [1.82, 2.24) is 19.4 Å². The second-order valence-corrected chi connectivity index (χ2v) is 13.3. The molecule has 0 radical (unpaired) electrons. The van der Waals surface area contributed by atoms with Gasteiger partial charge in [-0.05, 0) is 64.2 Å². The zero-order chi connectivity index (χ0) is 28.7. The van der Waals surface area contributed by atoms with E-state index in [1.807, 2.05) is 24.3 Å². The van der Waals surface area contributed by atoms with E-state index in [2.05, 4.69) is 31.9 Å². The van der Waals surface area contributed by atoms with Crippen molar-refractivity contribution in [3.05, 3.63) is 60.7 Å². The van der Waals surface area contributed by atoms with E-state index in [0.29, 0.717) is 17.3 Å². The minimum atomic E-state index is -3.81. The smallest absolute Gasteiger partial charge is 0.237 e. The van der Waals surface area contributed by atoms with Gasteiger partial charge in [0.2, 0.25) is 16.0 Å². The number of nitrogens with zero attached hydrogens (tertiary/aromatic N) is 5. The van der Waals surface area contributed by atoms with Crippen molar-refractivity contribution in [2.45, 2.75) is 25.5 Å². The number of rotatable bonds is 7. The molecule has 0 amide bonds. The molecule has 0 unspecified atom stereocenters. The maximum absolute atomic E-state index is 14.6. The van der Waals surface area contributed by atoms with Gasteiger partial charge in [-0.25, -0.2) is 17.8 Å². The van der Waals surface area contributed by atoms with Crippen molar-refractivity contribution in [2.24, 2.45) is 0 Å². The van der Waals surface area contributed by atoms with E-state index in [1.165, 1.54) is 12.1 Å². The predicted octanol–water partition coefficient (Wildman–Crippen LogP) is 4.60. The molecule has 10 nitrogen and oxygen atoms in total. The lowest BCUT2D eigenvalue weighted by molar-refractivity contribution is 0.311. The minimum absolute atomic E-state index is 0.130. The Morgan fingerprint density at radius 3 is 2.48 bits per heavy atom. The number of anilines is 4. The lowest BCUT2D eigenvalue weighted by atomic mass is 10.2. The first-order chi connectivity index (χ1) is 18.9. The third-order valence-electron chi connectivity index (χ3n) is 6.99. The Morgan fingerprint density at radius 1 is 1.02 bits per heavy atom. The van der Waals surface area contributed by atoms with Crippen molar-refractivity contribution in [3.63, 3.8) is 0 Å². The molecule has 4 aromatic rings. The first kappa shape index (κ1) is 27.7. The number of sulfonamides is 1. The van der Waals surface area contributed by atoms with Crippen LogP contribution in [0.1, 0.15) is 20.8 Å². The van der Waals surface area contributed by atoms with Gasteiger partial charge in [-0.2, -0.15) is 4.98 Å². The largest absolute Gasteiger partial charge is 0.495 e. The van der Waals surface area contributed by atoms with Crippen molar-refractivity contribution in [1.29, 1.82) is 0 Å². The van der Waals surface area contributed by atoms with Gasteiger partial charge < -0.3 is 24.4 Å². The molecule has 2 N–H and O–H groups in total. The summed E-state index contributed by atoms with van der Waals surface area (Å²) in [6, 6.07) is 12.0. The standard InChI is InChI=1S/C28H34FN7O3S/c1-28(2,3)40(37,38)33-23-17-21(7-8-22(23)29)36-11-10-19-18-30-27(32-26(19)36)31-20-6-9-24(25(16-20)39-5)35-14-12-34(4)13-15-35/h6-11,16-18,33H,12-15H2,1-5H3,(H,30,31,32). The van der Waals surface area contributed by atoms with Crippen LogP contribution in [0.4, 0.5) is 27.4 Å². The molecule has 1 fully saturated rings. The van der Waals surface area contributed by atoms with Gasteiger partial charge in [0.25, 0.3) is 0 Å². The van der Waals surface area contributed by atoms with E-state index < -0.39 is 20.6 Å². The number of hydrogen-bond donors (Lipinski definition) is 2. The Kier molecular flexibility index (Phi) is 7.32. The SMILES string of the molecule is COc1cc(Nc2ncc3ccn(-c4ccc(F)c(NS(=O)(=O)C(C)(C)C)c4)c3n2)ccc1N1CCN(C)CC1. The van der Waals surface area contributed by atoms with E-state index in [0.717, 1.165) is 48.7 Å². The van der Waals surface area contributed by atoms with Crippen LogP contribution in [0, 0.1) is 5.82 Å². The summed E-state index contributed by atoms with van der Waals surface area (Å²) < 4.78 is 48.6. The number of hydrogen-bond acceptors (Lipinski definition) is 8. The molecule has 2 aromatic carbocycles. The van der Waals surface area contributed by atoms with Crippen molar-refractivity contribution < 1.29 is 17.5 Å². The zero-order valence-corrected chi connectivity index (χ0v) is 24.1. The Hall–Kier alpha value is -3.90. The summed E-state index contributed by atoms with van der Waals surface area (Å²) in [6.45, 7) is 8.51. The Bertz CT molecular complexity index is 1640. The maximum Gasteiger partial charge on any atom is 0.237 e. The average Bonchev–Trinajstić information content (AvgIpc) is 3.33. The van der Waals surface area contributed by atoms with Crippen LogP contribution in [0.25, 0.3) is 16.7 Å². The molecule has 1 saturated heterocycles. The summed E-state index contributed by atoms with van der Waals surface area (Å²) in [6.07, 6.45) is 3.48. The molecule has 5 rings (SSSR count). The van der Waals surface area contributed by atoms with Crippen LogP contribution in [0.5, 0.6) is 5.75 Å². The third-order valence-corrected chi connectivity index (χ3v) is 9.09. The third kappa shape index (κ3) is 5.54. The number of nitrogens with one attached hydrogen (secondary N) is 2. The molecule has 3 heterocycles. The van der Waals surface area contributed by atoms with Crippen LogP contribution in [0.2, 0.25) is 0 Å². The Morgan fingerprint density at radius 2 is 1.77 bits per heavy atom. The molecule has 1 aliphatic heterocycles. The Labute approximate surface area is 233 Å². The van der Waals surface area contributed by atoms with Gasteiger partial charge in [-0.15, -0.1) is 0 Å². The molecule has 0 spiro atoms. The number of methoxy groups -OCH3 is 1. The van der Waals surface area contributed by atoms with Crippen molar-refractivity contribution in [2.75, 3.05) is 55.3 Å². The van der Waals surface area contributed by atoms with Gasteiger partial charge in [0.05, 0.1) is 23.2 Å². The highest BCUT2D eigenvalue weighted by Crippen LogP contribution is 2.33. The lowest BCUT2D eigenvalue weighted by Crippen LogP contribution is -2.44. The molecule has 1 aliphatic rings. The second kappa shape index (κ2) is 10.6. The molecule has 0 bridgehead atoms. The number of benzene rings is 2. The van der Waals surface area contributed by atoms with E-state index in [4.69, 9.17) is 9.72 Å². The number of ether oxygens (including phenoxy) is 1. The number of likely N-dealkylation sites (N-methyl/N-ethyl adjacent to an activating group) is 1. The van der Waals surface area contributed by atoms with Crippen molar-refractivity contribution in [3.8, 4) is 11.4 Å². The molecule has 212 valence electrons. The van der Waals surface area contributed by atoms with Gasteiger partial charge in [0.15, 0.2) is 0 Å². The summed E-state index contributed by atoms with van der Waals surface area (Å²) in [5, 5.41) is 4.02. The molecule has 0 saturated carbocycles. The summed E-state index contributed by atoms with van der Waals surface area (Å²) in [5.74, 6) is 0.465. The van der Waals surface area contributed by atoms with Crippen LogP contribution < -0.4 is 19.7 Å². The lowest BCUT2D eigenvalue weighted by Gasteiger charge is -2.34. The predicted molar refractivity (Wildman–Crippen MR) is 157 cm³/mol. The van der Waals surface area contributed by atoms with Gasteiger partial charge in [-0.1, -0.05) is 0 Å². The molecule has 2 aromatic heterocycles. The Balaban J connectivity index is 1.42. The number of aromatic nitrogens is 3. The first-order valence-corrected chi connectivity index (χ1v) is 14.5. The molecule has 0 aliphatic carbocycles. The highest BCUT2D eigenvalue weighted by atomic mass is 32.2. The molecule has 40 heavy (non-hydrogen) atoms. The van der Waals surface area contributed by atoms with Gasteiger partial charge in [0, 0.05) is 61.4 Å². The van der Waals surface area contributed by atoms with E-state index in [9.17, 15) is 12.8 Å². The molecular weight excluding hydrogens is 533 g/mol. The van der Waals surface area contributed by atoms with E-state index in [-0.39, 0.29) is 5.69 Å². The van der Waals surface area contributed by atoms with Crippen molar-refractivity contribution >= 4 is 44.1 Å². The number of piperazine rings is 1. The minimum Gasteiger partial charge on any atom is -0.495 e. The summed E-state index contributed by atoms with van der Waals surface area (Å²) >= 11 is 0. The van der Waals surface area contributed by atoms with E-state index >= 15 is 0 Å². The normalized spacial score (nSPS) is 14.9.